The SMILES string of the molecule is CC(Nc1ccc(N2CCCC2)nc1)C1CCCN(C)C1. The fourth-order valence-electron chi connectivity index (χ4n) is 3.60. The third-order valence-corrected chi connectivity index (χ3v) is 4.94. The third kappa shape index (κ3) is 3.67. The van der Waals surface area contributed by atoms with Crippen molar-refractivity contribution in [2.24, 2.45) is 5.92 Å². The summed E-state index contributed by atoms with van der Waals surface area (Å²) in [4.78, 5) is 9.45. The van der Waals surface area contributed by atoms with Crippen LogP contribution in [-0.4, -0.2) is 49.2 Å². The Morgan fingerprint density at radius 1 is 1.19 bits per heavy atom. The maximum absolute atomic E-state index is 4.63. The van der Waals surface area contributed by atoms with Crippen molar-refractivity contribution in [2.45, 2.75) is 38.6 Å². The van der Waals surface area contributed by atoms with E-state index in [4.69, 9.17) is 0 Å². The molecule has 0 radical (unpaired) electrons. The van der Waals surface area contributed by atoms with Crippen molar-refractivity contribution in [3.8, 4) is 0 Å². The fraction of sp³-hybridized carbons (Fsp3) is 0.706. The molecule has 2 atom stereocenters. The van der Waals surface area contributed by atoms with Gasteiger partial charge in [0.2, 0.25) is 0 Å². The van der Waals surface area contributed by atoms with Gasteiger partial charge >= 0.3 is 0 Å². The van der Waals surface area contributed by atoms with E-state index < -0.39 is 0 Å². The van der Waals surface area contributed by atoms with Crippen molar-refractivity contribution >= 4 is 11.5 Å². The Hall–Kier alpha value is -1.29. The lowest BCUT2D eigenvalue weighted by atomic mass is 9.92. The number of likely N-dealkylation sites (tertiary alicyclic amines) is 1. The number of pyridine rings is 1. The number of anilines is 2. The van der Waals surface area contributed by atoms with E-state index in [-0.39, 0.29) is 0 Å². The molecule has 0 bridgehead atoms. The summed E-state index contributed by atoms with van der Waals surface area (Å²) in [6, 6.07) is 4.85. The smallest absolute Gasteiger partial charge is 0.128 e. The zero-order valence-corrected chi connectivity index (χ0v) is 13.4. The maximum atomic E-state index is 4.63. The predicted octanol–water partition coefficient (Wildman–Crippen LogP) is 2.82. The molecule has 2 aliphatic heterocycles. The summed E-state index contributed by atoms with van der Waals surface area (Å²) in [7, 11) is 2.23. The Labute approximate surface area is 128 Å². The number of aromatic nitrogens is 1. The molecule has 0 amide bonds. The first-order chi connectivity index (χ1) is 10.2. The molecular formula is C17H28N4. The van der Waals surface area contributed by atoms with Crippen molar-refractivity contribution in [2.75, 3.05) is 43.4 Å². The Morgan fingerprint density at radius 3 is 2.67 bits per heavy atom. The van der Waals surface area contributed by atoms with Crippen LogP contribution in [0.15, 0.2) is 18.3 Å². The minimum atomic E-state index is 0.507. The van der Waals surface area contributed by atoms with Gasteiger partial charge in [-0.3, -0.25) is 0 Å². The van der Waals surface area contributed by atoms with Gasteiger partial charge in [-0.15, -0.1) is 0 Å². The Balaban J connectivity index is 1.56. The first-order valence-corrected chi connectivity index (χ1v) is 8.38. The van der Waals surface area contributed by atoms with E-state index in [1.54, 1.807) is 0 Å². The number of piperidine rings is 1. The van der Waals surface area contributed by atoms with E-state index in [9.17, 15) is 0 Å². The van der Waals surface area contributed by atoms with Gasteiger partial charge in [0.15, 0.2) is 0 Å². The number of hydrogen-bond acceptors (Lipinski definition) is 4. The van der Waals surface area contributed by atoms with E-state index in [2.05, 4.69) is 46.2 Å². The lowest BCUT2D eigenvalue weighted by molar-refractivity contribution is 0.197. The molecule has 116 valence electrons. The van der Waals surface area contributed by atoms with Gasteiger partial charge in [-0.05, 0) is 64.3 Å². The zero-order chi connectivity index (χ0) is 14.7. The Morgan fingerprint density at radius 2 is 2.00 bits per heavy atom. The molecule has 2 saturated heterocycles. The second kappa shape index (κ2) is 6.65. The number of nitrogens with one attached hydrogen (secondary N) is 1. The molecule has 4 nitrogen and oxygen atoms in total. The molecule has 1 aromatic heterocycles. The van der Waals surface area contributed by atoms with Crippen LogP contribution in [0.4, 0.5) is 11.5 Å². The van der Waals surface area contributed by atoms with Crippen molar-refractivity contribution in [3.05, 3.63) is 18.3 Å². The minimum Gasteiger partial charge on any atom is -0.381 e. The van der Waals surface area contributed by atoms with Crippen molar-refractivity contribution in [3.63, 3.8) is 0 Å². The first-order valence-electron chi connectivity index (χ1n) is 8.38. The Kier molecular flexibility index (Phi) is 4.63. The van der Waals surface area contributed by atoms with Gasteiger partial charge in [0, 0.05) is 25.7 Å². The van der Waals surface area contributed by atoms with E-state index in [1.165, 1.54) is 38.8 Å². The van der Waals surface area contributed by atoms with Crippen LogP contribution in [0, 0.1) is 5.92 Å². The Bertz CT molecular complexity index is 439. The van der Waals surface area contributed by atoms with Gasteiger partial charge in [-0.1, -0.05) is 0 Å². The highest BCUT2D eigenvalue weighted by molar-refractivity contribution is 5.49. The lowest BCUT2D eigenvalue weighted by Gasteiger charge is -2.34. The van der Waals surface area contributed by atoms with Gasteiger partial charge < -0.3 is 15.1 Å². The normalized spacial score (nSPS) is 25.0. The van der Waals surface area contributed by atoms with Crippen molar-refractivity contribution in [1.82, 2.24) is 9.88 Å². The van der Waals surface area contributed by atoms with Gasteiger partial charge in [-0.25, -0.2) is 4.98 Å². The average Bonchev–Trinajstić information content (AvgIpc) is 3.02. The quantitative estimate of drug-likeness (QED) is 0.923. The van der Waals surface area contributed by atoms with Crippen LogP contribution in [0.2, 0.25) is 0 Å². The fourth-order valence-corrected chi connectivity index (χ4v) is 3.60. The highest BCUT2D eigenvalue weighted by atomic mass is 15.2. The van der Waals surface area contributed by atoms with E-state index in [0.717, 1.165) is 30.5 Å². The summed E-state index contributed by atoms with van der Waals surface area (Å²) in [5.74, 6) is 1.87. The largest absolute Gasteiger partial charge is 0.381 e. The van der Waals surface area contributed by atoms with Crippen molar-refractivity contribution < 1.29 is 0 Å². The van der Waals surface area contributed by atoms with Gasteiger partial charge in [0.1, 0.15) is 5.82 Å². The van der Waals surface area contributed by atoms with E-state index in [0.29, 0.717) is 6.04 Å². The lowest BCUT2D eigenvalue weighted by Crippen LogP contribution is -2.39. The molecule has 0 aliphatic carbocycles. The molecular weight excluding hydrogens is 260 g/mol. The molecule has 3 rings (SSSR count). The summed E-state index contributed by atoms with van der Waals surface area (Å²) in [6.07, 6.45) is 7.25. The highest BCUT2D eigenvalue weighted by Gasteiger charge is 2.22. The topological polar surface area (TPSA) is 31.4 Å². The maximum Gasteiger partial charge on any atom is 0.128 e. The van der Waals surface area contributed by atoms with Crippen LogP contribution in [0.3, 0.4) is 0 Å². The first kappa shape index (κ1) is 14.6. The molecule has 1 aromatic rings. The molecule has 3 heterocycles. The summed E-state index contributed by atoms with van der Waals surface area (Å²) >= 11 is 0. The number of hydrogen-bond donors (Lipinski definition) is 1. The third-order valence-electron chi connectivity index (χ3n) is 4.94. The summed E-state index contributed by atoms with van der Waals surface area (Å²) in [6.45, 7) is 7.07. The van der Waals surface area contributed by atoms with Gasteiger partial charge in [0.25, 0.3) is 0 Å². The highest BCUT2D eigenvalue weighted by Crippen LogP contribution is 2.23. The summed E-state index contributed by atoms with van der Waals surface area (Å²) in [5.41, 5.74) is 1.15. The van der Waals surface area contributed by atoms with E-state index in [1.807, 2.05) is 6.20 Å². The number of rotatable bonds is 4. The molecule has 2 fully saturated rings. The van der Waals surface area contributed by atoms with E-state index >= 15 is 0 Å². The van der Waals surface area contributed by atoms with Crippen LogP contribution < -0.4 is 10.2 Å². The van der Waals surface area contributed by atoms with Crippen LogP contribution in [-0.2, 0) is 0 Å². The standard InChI is InChI=1S/C17H28N4/c1-14(15-6-5-9-20(2)13-15)19-16-7-8-17(18-12-16)21-10-3-4-11-21/h7-8,12,14-15,19H,3-6,9-11,13H2,1-2H3. The second-order valence-corrected chi connectivity index (χ2v) is 6.70. The van der Waals surface area contributed by atoms with Crippen LogP contribution in [0.1, 0.15) is 32.6 Å². The summed E-state index contributed by atoms with van der Waals surface area (Å²) < 4.78 is 0. The van der Waals surface area contributed by atoms with Gasteiger partial charge in [0.05, 0.1) is 11.9 Å². The van der Waals surface area contributed by atoms with Crippen LogP contribution in [0.5, 0.6) is 0 Å². The summed E-state index contributed by atoms with van der Waals surface area (Å²) in [5, 5.41) is 3.64. The predicted molar refractivity (Wildman–Crippen MR) is 89.0 cm³/mol. The average molecular weight is 288 g/mol. The molecule has 0 saturated carbocycles. The number of nitrogens with zero attached hydrogens (tertiary/aromatic N) is 3. The molecule has 4 heteroatoms. The van der Waals surface area contributed by atoms with Crippen molar-refractivity contribution in [1.29, 1.82) is 0 Å². The molecule has 0 aromatic carbocycles. The molecule has 1 N–H and O–H groups in total. The molecule has 0 spiro atoms. The second-order valence-electron chi connectivity index (χ2n) is 6.70. The molecule has 2 unspecified atom stereocenters. The van der Waals surface area contributed by atoms with Crippen LogP contribution >= 0.6 is 0 Å². The zero-order valence-electron chi connectivity index (χ0n) is 13.4. The molecule has 2 aliphatic rings. The minimum absolute atomic E-state index is 0.507. The monoisotopic (exact) mass is 288 g/mol. The van der Waals surface area contributed by atoms with Gasteiger partial charge in [-0.2, -0.15) is 0 Å². The molecule has 21 heavy (non-hydrogen) atoms. The van der Waals surface area contributed by atoms with Crippen LogP contribution in [0.25, 0.3) is 0 Å².